The first-order valence-corrected chi connectivity index (χ1v) is 8.71. The van der Waals surface area contributed by atoms with Gasteiger partial charge in [0.2, 0.25) is 11.8 Å². The zero-order valence-electron chi connectivity index (χ0n) is 14.6. The number of hydrogen-bond acceptors (Lipinski definition) is 3. The van der Waals surface area contributed by atoms with Crippen molar-refractivity contribution >= 4 is 11.8 Å². The smallest absolute Gasteiger partial charge is 0.226 e. The molecule has 0 aliphatic carbocycles. The molecule has 0 N–H and O–H groups in total. The van der Waals surface area contributed by atoms with Crippen LogP contribution in [0.4, 0.5) is 0 Å². The molecule has 2 fully saturated rings. The van der Waals surface area contributed by atoms with E-state index < -0.39 is 0 Å². The van der Waals surface area contributed by atoms with Crippen LogP contribution in [0, 0.1) is 0 Å². The highest BCUT2D eigenvalue weighted by atomic mass is 16.5. The minimum atomic E-state index is -0.0216. The number of benzene rings is 1. The van der Waals surface area contributed by atoms with Crippen molar-refractivity contribution < 1.29 is 14.3 Å². The third-order valence-electron chi connectivity index (χ3n) is 5.68. The van der Waals surface area contributed by atoms with Gasteiger partial charge in [-0.05, 0) is 43.4 Å². The van der Waals surface area contributed by atoms with E-state index in [1.807, 2.05) is 41.1 Å². The predicted octanol–water partition coefficient (Wildman–Crippen LogP) is 2.24. The van der Waals surface area contributed by atoms with Gasteiger partial charge in [0, 0.05) is 32.1 Å². The molecule has 0 bridgehead atoms. The Balaban J connectivity index is 1.57. The minimum Gasteiger partial charge on any atom is -0.497 e. The lowest BCUT2D eigenvalue weighted by atomic mass is 9.78. The van der Waals surface area contributed by atoms with Crippen LogP contribution in [-0.2, 0) is 16.0 Å². The molecule has 2 saturated heterocycles. The highest BCUT2D eigenvalue weighted by molar-refractivity contribution is 5.79. The fourth-order valence-corrected chi connectivity index (χ4v) is 3.96. The molecule has 1 aromatic carbocycles. The van der Waals surface area contributed by atoms with Crippen molar-refractivity contribution in [2.45, 2.75) is 44.1 Å². The number of carbonyl (C=O) groups is 2. The molecule has 2 aliphatic rings. The van der Waals surface area contributed by atoms with Gasteiger partial charge in [0.15, 0.2) is 0 Å². The van der Waals surface area contributed by atoms with Crippen LogP contribution in [-0.4, -0.2) is 54.4 Å². The van der Waals surface area contributed by atoms with Crippen LogP contribution in [0.5, 0.6) is 5.75 Å². The second-order valence-corrected chi connectivity index (χ2v) is 6.94. The molecule has 0 saturated carbocycles. The average Bonchev–Trinajstić information content (AvgIpc) is 2.61. The second kappa shape index (κ2) is 6.83. The molecule has 3 rings (SSSR count). The number of amides is 2. The molecule has 2 amide bonds. The van der Waals surface area contributed by atoms with E-state index in [0.717, 1.165) is 50.1 Å². The van der Waals surface area contributed by atoms with Crippen LogP contribution in [0.25, 0.3) is 0 Å². The van der Waals surface area contributed by atoms with Crippen LogP contribution in [0.3, 0.4) is 0 Å². The number of hydrogen-bond donors (Lipinski definition) is 0. The van der Waals surface area contributed by atoms with Gasteiger partial charge < -0.3 is 14.5 Å². The van der Waals surface area contributed by atoms with E-state index in [1.54, 1.807) is 7.11 Å². The maximum absolute atomic E-state index is 12.6. The maximum Gasteiger partial charge on any atom is 0.226 e. The van der Waals surface area contributed by atoms with Crippen LogP contribution < -0.4 is 4.74 Å². The Bertz CT molecular complexity index is 604. The van der Waals surface area contributed by atoms with Gasteiger partial charge in [0.1, 0.15) is 5.75 Å². The summed E-state index contributed by atoms with van der Waals surface area (Å²) in [5, 5.41) is 0. The number of likely N-dealkylation sites (tertiary alicyclic amines) is 2. The topological polar surface area (TPSA) is 49.9 Å². The van der Waals surface area contributed by atoms with Gasteiger partial charge in [-0.15, -0.1) is 0 Å². The molecule has 0 radical (unpaired) electrons. The summed E-state index contributed by atoms with van der Waals surface area (Å²) < 4.78 is 5.15. The van der Waals surface area contributed by atoms with Crippen molar-refractivity contribution in [3.63, 3.8) is 0 Å². The Kier molecular flexibility index (Phi) is 4.78. The van der Waals surface area contributed by atoms with Gasteiger partial charge in [-0.3, -0.25) is 9.59 Å². The Morgan fingerprint density at radius 1 is 1.17 bits per heavy atom. The van der Waals surface area contributed by atoms with Crippen molar-refractivity contribution in [2.24, 2.45) is 0 Å². The Morgan fingerprint density at radius 2 is 1.83 bits per heavy atom. The summed E-state index contributed by atoms with van der Waals surface area (Å²) in [6.07, 6.45) is 4.91. The number of piperidine rings is 2. The van der Waals surface area contributed by atoms with E-state index >= 15 is 0 Å². The second-order valence-electron chi connectivity index (χ2n) is 6.94. The van der Waals surface area contributed by atoms with E-state index in [1.165, 1.54) is 0 Å². The third kappa shape index (κ3) is 3.25. The summed E-state index contributed by atoms with van der Waals surface area (Å²) in [4.78, 5) is 28.5. The summed E-state index contributed by atoms with van der Waals surface area (Å²) in [5.41, 5.74) is 0.984. The fraction of sp³-hybridized carbons (Fsp3) is 0.579. The first-order valence-electron chi connectivity index (χ1n) is 8.71. The zero-order valence-corrected chi connectivity index (χ0v) is 14.6. The maximum atomic E-state index is 12.6. The summed E-state index contributed by atoms with van der Waals surface area (Å²) >= 11 is 0. The SMILES string of the molecule is COc1ccc(CC(=O)N2CCC3(CCCC(=O)N3C)CC2)cc1. The zero-order chi connectivity index (χ0) is 17.2. The van der Waals surface area contributed by atoms with Gasteiger partial charge in [-0.1, -0.05) is 12.1 Å². The van der Waals surface area contributed by atoms with Crippen molar-refractivity contribution in [3.8, 4) is 5.75 Å². The van der Waals surface area contributed by atoms with E-state index in [-0.39, 0.29) is 17.4 Å². The van der Waals surface area contributed by atoms with Crippen molar-refractivity contribution in [1.29, 1.82) is 0 Å². The number of rotatable bonds is 3. The molecule has 1 aromatic rings. The molecular formula is C19H26N2O3. The third-order valence-corrected chi connectivity index (χ3v) is 5.68. The van der Waals surface area contributed by atoms with E-state index in [9.17, 15) is 9.59 Å². The fourth-order valence-electron chi connectivity index (χ4n) is 3.96. The molecule has 2 heterocycles. The van der Waals surface area contributed by atoms with E-state index in [2.05, 4.69) is 0 Å². The standard InChI is InChI=1S/C19H26N2O3/c1-20-17(22)4-3-9-19(20)10-12-21(13-11-19)18(23)14-15-5-7-16(24-2)8-6-15/h5-8H,3-4,9-14H2,1-2H3. The van der Waals surface area contributed by atoms with Gasteiger partial charge >= 0.3 is 0 Å². The number of methoxy groups -OCH3 is 1. The largest absolute Gasteiger partial charge is 0.497 e. The lowest BCUT2D eigenvalue weighted by molar-refractivity contribution is -0.144. The summed E-state index contributed by atoms with van der Waals surface area (Å²) in [7, 11) is 3.56. The average molecular weight is 330 g/mol. The molecular weight excluding hydrogens is 304 g/mol. The van der Waals surface area contributed by atoms with Crippen molar-refractivity contribution in [2.75, 3.05) is 27.2 Å². The van der Waals surface area contributed by atoms with E-state index in [4.69, 9.17) is 4.74 Å². The molecule has 130 valence electrons. The minimum absolute atomic E-state index is 0.0216. The molecule has 5 heteroatoms. The van der Waals surface area contributed by atoms with Crippen LogP contribution >= 0.6 is 0 Å². The van der Waals surface area contributed by atoms with Gasteiger partial charge in [-0.2, -0.15) is 0 Å². The number of ether oxygens (including phenoxy) is 1. The molecule has 0 unspecified atom stereocenters. The number of carbonyl (C=O) groups excluding carboxylic acids is 2. The Morgan fingerprint density at radius 3 is 2.46 bits per heavy atom. The lowest BCUT2D eigenvalue weighted by Crippen LogP contribution is -2.58. The lowest BCUT2D eigenvalue weighted by Gasteiger charge is -2.50. The molecule has 24 heavy (non-hydrogen) atoms. The number of nitrogens with zero attached hydrogens (tertiary/aromatic N) is 2. The molecule has 1 spiro atoms. The monoisotopic (exact) mass is 330 g/mol. The van der Waals surface area contributed by atoms with Crippen molar-refractivity contribution in [3.05, 3.63) is 29.8 Å². The van der Waals surface area contributed by atoms with Gasteiger partial charge in [0.25, 0.3) is 0 Å². The highest BCUT2D eigenvalue weighted by Gasteiger charge is 2.42. The molecule has 2 aliphatic heterocycles. The molecule has 5 nitrogen and oxygen atoms in total. The quantitative estimate of drug-likeness (QED) is 0.854. The predicted molar refractivity (Wildman–Crippen MR) is 91.9 cm³/mol. The van der Waals surface area contributed by atoms with Crippen molar-refractivity contribution in [1.82, 2.24) is 9.80 Å². The molecule has 0 atom stereocenters. The van der Waals surface area contributed by atoms with Gasteiger partial charge in [-0.25, -0.2) is 0 Å². The molecule has 0 aromatic heterocycles. The van der Waals surface area contributed by atoms with Gasteiger partial charge in [0.05, 0.1) is 13.5 Å². The summed E-state index contributed by atoms with van der Waals surface area (Å²) in [6.45, 7) is 1.49. The Hall–Kier alpha value is -2.04. The van der Waals surface area contributed by atoms with Crippen LogP contribution in [0.2, 0.25) is 0 Å². The highest BCUT2D eigenvalue weighted by Crippen LogP contribution is 2.36. The van der Waals surface area contributed by atoms with Crippen LogP contribution in [0.15, 0.2) is 24.3 Å². The Labute approximate surface area is 143 Å². The first-order chi connectivity index (χ1) is 11.5. The first kappa shape index (κ1) is 16.8. The summed E-state index contributed by atoms with van der Waals surface area (Å²) in [6, 6.07) is 7.65. The van der Waals surface area contributed by atoms with Crippen LogP contribution in [0.1, 0.15) is 37.7 Å². The van der Waals surface area contributed by atoms with E-state index in [0.29, 0.717) is 12.8 Å². The normalized spacial score (nSPS) is 20.3. The summed E-state index contributed by atoms with van der Waals surface area (Å²) in [5.74, 6) is 1.22.